The van der Waals surface area contributed by atoms with Crippen LogP contribution in [0.4, 0.5) is 11.5 Å². The molecule has 8 nitrogen and oxygen atoms in total. The molecule has 1 heterocycles. The Morgan fingerprint density at radius 2 is 1.87 bits per heavy atom. The summed E-state index contributed by atoms with van der Waals surface area (Å²) in [6, 6.07) is 6.63. The summed E-state index contributed by atoms with van der Waals surface area (Å²) in [7, 11) is 3.03. The van der Waals surface area contributed by atoms with Crippen molar-refractivity contribution in [2.24, 2.45) is 0 Å². The van der Waals surface area contributed by atoms with Gasteiger partial charge in [0.1, 0.15) is 10.8 Å². The van der Waals surface area contributed by atoms with Crippen molar-refractivity contribution in [3.05, 3.63) is 51.2 Å². The topological polar surface area (TPSA) is 110 Å². The molecule has 23 heavy (non-hydrogen) atoms. The Kier molecular flexibility index (Phi) is 5.32. The minimum Gasteiger partial charge on any atom is -0.448 e. The lowest BCUT2D eigenvalue weighted by molar-refractivity contribution is -0.384. The zero-order valence-electron chi connectivity index (χ0n) is 12.4. The van der Waals surface area contributed by atoms with Gasteiger partial charge in [0.25, 0.3) is 0 Å². The van der Waals surface area contributed by atoms with E-state index in [2.05, 4.69) is 4.98 Å². The average Bonchev–Trinajstić information content (AvgIpc) is 2.53. The number of rotatable bonds is 6. The summed E-state index contributed by atoms with van der Waals surface area (Å²) < 4.78 is 15.8. The number of nitro groups is 1. The van der Waals surface area contributed by atoms with Crippen LogP contribution in [0.5, 0.6) is 11.5 Å². The molecule has 0 aliphatic heterocycles. The molecule has 0 aliphatic carbocycles. The van der Waals surface area contributed by atoms with Gasteiger partial charge in [0, 0.05) is 19.8 Å². The Morgan fingerprint density at radius 1 is 1.26 bits per heavy atom. The Morgan fingerprint density at radius 3 is 2.39 bits per heavy atom. The number of ether oxygens (including phenoxy) is 3. The highest BCUT2D eigenvalue weighted by molar-refractivity contribution is 6.32. The van der Waals surface area contributed by atoms with Crippen LogP contribution >= 0.6 is 11.6 Å². The lowest BCUT2D eigenvalue weighted by atomic mass is 10.2. The number of hydrogen-bond acceptors (Lipinski definition) is 7. The van der Waals surface area contributed by atoms with Gasteiger partial charge in [-0.05, 0) is 12.1 Å². The van der Waals surface area contributed by atoms with E-state index in [4.69, 9.17) is 31.5 Å². The summed E-state index contributed by atoms with van der Waals surface area (Å²) in [6.07, 6.45) is 0.679. The van der Waals surface area contributed by atoms with Gasteiger partial charge in [0.2, 0.25) is 11.6 Å². The Bertz CT molecular complexity index is 704. The molecule has 1 aromatic heterocycles. The van der Waals surface area contributed by atoms with Crippen molar-refractivity contribution in [2.75, 3.05) is 20.0 Å². The number of nitrogens with two attached hydrogens (primary N) is 1. The summed E-state index contributed by atoms with van der Waals surface area (Å²) in [5.74, 6) is -0.0906. The Labute approximate surface area is 136 Å². The minimum atomic E-state index is -0.691. The van der Waals surface area contributed by atoms with Crippen molar-refractivity contribution in [1.29, 1.82) is 0 Å². The van der Waals surface area contributed by atoms with Gasteiger partial charge in [-0.1, -0.05) is 23.7 Å². The molecule has 2 N–H and O–H groups in total. The zero-order valence-corrected chi connectivity index (χ0v) is 13.1. The predicted molar refractivity (Wildman–Crippen MR) is 83.6 cm³/mol. The van der Waals surface area contributed by atoms with E-state index in [0.717, 1.165) is 5.56 Å². The van der Waals surface area contributed by atoms with E-state index in [1.165, 1.54) is 20.4 Å². The summed E-state index contributed by atoms with van der Waals surface area (Å²) in [5, 5.41) is 11.1. The molecule has 0 saturated heterocycles. The number of hydrogen-bond donors (Lipinski definition) is 1. The van der Waals surface area contributed by atoms with Crippen LogP contribution in [0.1, 0.15) is 11.9 Å². The number of benzene rings is 1. The fraction of sp³-hybridized carbons (Fsp3) is 0.214. The zero-order chi connectivity index (χ0) is 17.0. The smallest absolute Gasteiger partial charge is 0.354 e. The van der Waals surface area contributed by atoms with Crippen molar-refractivity contribution < 1.29 is 19.1 Å². The predicted octanol–water partition coefficient (Wildman–Crippen LogP) is 3.31. The Balaban J connectivity index is 2.33. The van der Waals surface area contributed by atoms with Gasteiger partial charge in [-0.2, -0.15) is 0 Å². The molecule has 0 fully saturated rings. The van der Waals surface area contributed by atoms with Gasteiger partial charge in [-0.3, -0.25) is 10.1 Å². The van der Waals surface area contributed by atoms with Crippen molar-refractivity contribution >= 4 is 23.1 Å². The molecule has 122 valence electrons. The van der Waals surface area contributed by atoms with Crippen LogP contribution in [0.15, 0.2) is 30.5 Å². The minimum absolute atomic E-state index is 0.0124. The number of anilines is 1. The van der Waals surface area contributed by atoms with Crippen molar-refractivity contribution in [3.63, 3.8) is 0 Å². The van der Waals surface area contributed by atoms with Crippen LogP contribution in [-0.4, -0.2) is 24.1 Å². The monoisotopic (exact) mass is 339 g/mol. The molecule has 0 bridgehead atoms. The number of halogens is 1. The fourth-order valence-corrected chi connectivity index (χ4v) is 2.11. The third kappa shape index (κ3) is 3.67. The van der Waals surface area contributed by atoms with Crippen LogP contribution in [0.3, 0.4) is 0 Å². The molecule has 2 aromatic rings. The molecular weight excluding hydrogens is 326 g/mol. The van der Waals surface area contributed by atoms with Crippen molar-refractivity contribution in [2.45, 2.75) is 6.29 Å². The van der Waals surface area contributed by atoms with Gasteiger partial charge in [-0.25, -0.2) is 4.98 Å². The highest BCUT2D eigenvalue weighted by Crippen LogP contribution is 2.40. The molecule has 0 saturated carbocycles. The number of aromatic nitrogens is 1. The van der Waals surface area contributed by atoms with E-state index < -0.39 is 16.9 Å². The second-order valence-electron chi connectivity index (χ2n) is 4.40. The molecule has 0 aliphatic rings. The highest BCUT2D eigenvalue weighted by atomic mass is 35.5. The van der Waals surface area contributed by atoms with Crippen LogP contribution < -0.4 is 10.5 Å². The second-order valence-corrected chi connectivity index (χ2v) is 4.81. The normalized spacial score (nSPS) is 10.8. The van der Waals surface area contributed by atoms with Gasteiger partial charge in [0.15, 0.2) is 6.29 Å². The third-order valence-electron chi connectivity index (χ3n) is 2.97. The number of methoxy groups -OCH3 is 2. The Hall–Kier alpha value is -2.42. The van der Waals surface area contributed by atoms with E-state index in [-0.39, 0.29) is 16.6 Å². The van der Waals surface area contributed by atoms with Crippen LogP contribution in [0.2, 0.25) is 5.02 Å². The van der Waals surface area contributed by atoms with Crippen molar-refractivity contribution in [1.82, 2.24) is 4.98 Å². The molecule has 0 amide bonds. The van der Waals surface area contributed by atoms with Crippen LogP contribution in [-0.2, 0) is 9.47 Å². The average molecular weight is 340 g/mol. The largest absolute Gasteiger partial charge is 0.448 e. The molecule has 0 radical (unpaired) electrons. The lowest BCUT2D eigenvalue weighted by Crippen LogP contribution is -2.03. The summed E-state index contributed by atoms with van der Waals surface area (Å²) in [4.78, 5) is 14.1. The SMILES string of the molecule is COC(OC)c1ccc(Oc2c(Cl)cnc(N)c2[N+](=O)[O-])cc1. The van der Waals surface area contributed by atoms with E-state index >= 15 is 0 Å². The fourth-order valence-electron chi connectivity index (χ4n) is 1.93. The molecular formula is C14H14ClN3O5. The lowest BCUT2D eigenvalue weighted by Gasteiger charge is -2.14. The van der Waals surface area contributed by atoms with Gasteiger partial charge < -0.3 is 19.9 Å². The van der Waals surface area contributed by atoms with Crippen LogP contribution in [0.25, 0.3) is 0 Å². The third-order valence-corrected chi connectivity index (χ3v) is 3.24. The second kappa shape index (κ2) is 7.23. The van der Waals surface area contributed by atoms with Gasteiger partial charge in [0.05, 0.1) is 11.1 Å². The summed E-state index contributed by atoms with van der Waals surface area (Å²) in [5.41, 5.74) is 5.80. The maximum atomic E-state index is 11.1. The van der Waals surface area contributed by atoms with Crippen LogP contribution in [0, 0.1) is 10.1 Å². The molecule has 2 rings (SSSR count). The molecule has 1 aromatic carbocycles. The molecule has 9 heteroatoms. The first kappa shape index (κ1) is 16.9. The molecule has 0 unspecified atom stereocenters. The first-order valence-corrected chi connectivity index (χ1v) is 6.77. The standard InChI is InChI=1S/C14H14ClN3O5/c1-21-14(22-2)8-3-5-9(6-4-8)23-12-10(15)7-17-13(16)11(12)18(19)20/h3-7,14H,1-2H3,(H2,16,17). The number of nitrogen functional groups attached to an aromatic ring is 1. The van der Waals surface area contributed by atoms with E-state index in [0.29, 0.717) is 5.75 Å². The van der Waals surface area contributed by atoms with Gasteiger partial charge in [-0.15, -0.1) is 0 Å². The maximum Gasteiger partial charge on any atom is 0.354 e. The molecule has 0 spiro atoms. The van der Waals surface area contributed by atoms with E-state index in [9.17, 15) is 10.1 Å². The first-order valence-electron chi connectivity index (χ1n) is 6.39. The number of nitrogens with zero attached hydrogens (tertiary/aromatic N) is 2. The first-order chi connectivity index (χ1) is 11.0. The quantitative estimate of drug-likeness (QED) is 0.488. The highest BCUT2D eigenvalue weighted by Gasteiger charge is 2.25. The number of pyridine rings is 1. The summed E-state index contributed by atoms with van der Waals surface area (Å²) in [6.45, 7) is 0. The van der Waals surface area contributed by atoms with E-state index in [1.54, 1.807) is 24.3 Å². The summed E-state index contributed by atoms with van der Waals surface area (Å²) >= 11 is 5.93. The molecule has 0 atom stereocenters. The van der Waals surface area contributed by atoms with Crippen molar-refractivity contribution in [3.8, 4) is 11.5 Å². The van der Waals surface area contributed by atoms with Gasteiger partial charge >= 0.3 is 5.69 Å². The maximum absolute atomic E-state index is 11.1. The van der Waals surface area contributed by atoms with E-state index in [1.807, 2.05) is 0 Å².